The van der Waals surface area contributed by atoms with Gasteiger partial charge < -0.3 is 0 Å². The molecule has 9 nitrogen and oxygen atoms in total. The monoisotopic (exact) mass is 283 g/mol. The number of nitrogens with zero attached hydrogens (tertiary/aromatic N) is 3. The average molecular weight is 283 g/mol. The summed E-state index contributed by atoms with van der Waals surface area (Å²) in [7, 11) is 0. The van der Waals surface area contributed by atoms with E-state index in [4.69, 9.17) is 0 Å². The highest BCUT2D eigenvalue weighted by molar-refractivity contribution is 5.37. The van der Waals surface area contributed by atoms with Crippen LogP contribution in [0.25, 0.3) is 0 Å². The van der Waals surface area contributed by atoms with Crippen molar-refractivity contribution in [2.45, 2.75) is 33.0 Å². The summed E-state index contributed by atoms with van der Waals surface area (Å²) < 4.78 is 0. The first kappa shape index (κ1) is 15.5. The summed E-state index contributed by atoms with van der Waals surface area (Å²) in [6.45, 7) is 5.02. The molecule has 0 N–H and O–H groups in total. The quantitative estimate of drug-likeness (QED) is 0.458. The SMILES string of the molecule is Cc1cc(C)c(CC([N+](=O)[O-])([N+](=O)[O-])[N+](=O)[O-])c(C)c1. The van der Waals surface area contributed by atoms with Crippen LogP contribution in [0.2, 0.25) is 0 Å². The standard InChI is InChI=1S/C11H13N3O6/c1-7-4-8(2)10(9(3)5-7)6-11(12(15)16,13(17)18)14(19)20/h4-5H,6H2,1-3H3. The lowest BCUT2D eigenvalue weighted by molar-refractivity contribution is -0.969. The lowest BCUT2D eigenvalue weighted by Crippen LogP contribution is -2.55. The zero-order valence-corrected chi connectivity index (χ0v) is 11.2. The Bertz CT molecular complexity index is 539. The Labute approximate surface area is 113 Å². The first-order chi connectivity index (χ1) is 9.12. The number of hydrogen-bond acceptors (Lipinski definition) is 6. The lowest BCUT2D eigenvalue weighted by atomic mass is 9.95. The molecule has 0 heterocycles. The molecule has 0 aliphatic carbocycles. The van der Waals surface area contributed by atoms with Gasteiger partial charge in [0.15, 0.2) is 21.2 Å². The van der Waals surface area contributed by atoms with Crippen molar-refractivity contribution in [2.75, 3.05) is 0 Å². The fourth-order valence-electron chi connectivity index (χ4n) is 2.12. The third-order valence-corrected chi connectivity index (χ3v) is 3.13. The van der Waals surface area contributed by atoms with Gasteiger partial charge in [0.1, 0.15) is 0 Å². The third kappa shape index (κ3) is 2.42. The van der Waals surface area contributed by atoms with Crippen LogP contribution in [0, 0.1) is 51.1 Å². The molecule has 0 fully saturated rings. The van der Waals surface area contributed by atoms with Crippen molar-refractivity contribution in [3.63, 3.8) is 0 Å². The van der Waals surface area contributed by atoms with Gasteiger partial charge in [-0.2, -0.15) is 0 Å². The highest BCUT2D eigenvalue weighted by Crippen LogP contribution is 2.25. The van der Waals surface area contributed by atoms with Crippen LogP contribution >= 0.6 is 0 Å². The number of hydrogen-bond donors (Lipinski definition) is 0. The Balaban J connectivity index is 3.46. The second-order valence-electron chi connectivity index (χ2n) is 4.60. The van der Waals surface area contributed by atoms with Crippen molar-refractivity contribution in [1.29, 1.82) is 0 Å². The predicted octanol–water partition coefficient (Wildman–Crippen LogP) is 1.64. The van der Waals surface area contributed by atoms with E-state index in [1.807, 2.05) is 0 Å². The Morgan fingerprint density at radius 3 is 1.55 bits per heavy atom. The molecule has 0 bridgehead atoms. The highest BCUT2D eigenvalue weighted by Gasteiger charge is 2.70. The summed E-state index contributed by atoms with van der Waals surface area (Å²) in [6.07, 6.45) is -0.891. The van der Waals surface area contributed by atoms with Crippen molar-refractivity contribution < 1.29 is 14.8 Å². The minimum atomic E-state index is -3.45. The van der Waals surface area contributed by atoms with Crippen molar-refractivity contribution in [2.24, 2.45) is 0 Å². The van der Waals surface area contributed by atoms with Gasteiger partial charge in [-0.25, -0.2) is 0 Å². The third-order valence-electron chi connectivity index (χ3n) is 3.13. The van der Waals surface area contributed by atoms with Gasteiger partial charge in [-0.15, -0.1) is 0 Å². The molecule has 1 aromatic carbocycles. The molecule has 0 radical (unpaired) electrons. The number of nitro groups is 3. The predicted molar refractivity (Wildman–Crippen MR) is 68.1 cm³/mol. The van der Waals surface area contributed by atoms with E-state index in [0.29, 0.717) is 11.1 Å². The van der Waals surface area contributed by atoms with E-state index in [1.54, 1.807) is 32.9 Å². The smallest absolute Gasteiger partial charge is 0.253 e. The van der Waals surface area contributed by atoms with Crippen LogP contribution in [0.1, 0.15) is 22.3 Å². The average Bonchev–Trinajstić information content (AvgIpc) is 2.26. The zero-order valence-electron chi connectivity index (χ0n) is 11.2. The van der Waals surface area contributed by atoms with Crippen LogP contribution < -0.4 is 0 Å². The van der Waals surface area contributed by atoms with Gasteiger partial charge in [-0.05, 0) is 37.5 Å². The molecule has 0 aliphatic heterocycles. The molecule has 0 saturated carbocycles. The van der Waals surface area contributed by atoms with Crippen LogP contribution in [0.4, 0.5) is 0 Å². The van der Waals surface area contributed by atoms with Gasteiger partial charge in [0.2, 0.25) is 0 Å². The van der Waals surface area contributed by atoms with E-state index in [0.717, 1.165) is 5.56 Å². The maximum Gasteiger partial charge on any atom is 0.703 e. The van der Waals surface area contributed by atoms with Crippen molar-refractivity contribution in [1.82, 2.24) is 0 Å². The maximum atomic E-state index is 10.9. The summed E-state index contributed by atoms with van der Waals surface area (Å²) in [5, 5.41) is 32.8. The van der Waals surface area contributed by atoms with E-state index in [9.17, 15) is 30.3 Å². The molecule has 20 heavy (non-hydrogen) atoms. The van der Waals surface area contributed by atoms with Gasteiger partial charge in [0.05, 0.1) is 0 Å². The number of aryl methyl sites for hydroxylation is 3. The summed E-state index contributed by atoms with van der Waals surface area (Å²) >= 11 is 0. The minimum Gasteiger partial charge on any atom is -0.253 e. The Morgan fingerprint density at radius 1 is 0.900 bits per heavy atom. The molecule has 9 heteroatoms. The van der Waals surface area contributed by atoms with Crippen LogP contribution in [0.3, 0.4) is 0 Å². The number of benzene rings is 1. The van der Waals surface area contributed by atoms with Crippen molar-refractivity contribution in [3.05, 3.63) is 64.7 Å². The molecule has 0 amide bonds. The second-order valence-corrected chi connectivity index (χ2v) is 4.60. The van der Waals surface area contributed by atoms with Gasteiger partial charge in [0.25, 0.3) is 0 Å². The molecule has 0 aromatic heterocycles. The lowest BCUT2D eigenvalue weighted by Gasteiger charge is -2.13. The normalized spacial score (nSPS) is 11.2. The van der Waals surface area contributed by atoms with Crippen molar-refractivity contribution in [3.8, 4) is 0 Å². The van der Waals surface area contributed by atoms with Gasteiger partial charge in [0, 0.05) is 0 Å². The fourth-order valence-corrected chi connectivity index (χ4v) is 2.12. The molecule has 1 aromatic rings. The van der Waals surface area contributed by atoms with Crippen LogP contribution in [0.5, 0.6) is 0 Å². The molecule has 108 valence electrons. The van der Waals surface area contributed by atoms with Crippen LogP contribution in [-0.2, 0) is 6.42 Å². The summed E-state index contributed by atoms with van der Waals surface area (Å²) in [5.41, 5.74) is 2.23. The van der Waals surface area contributed by atoms with E-state index >= 15 is 0 Å². The Kier molecular flexibility index (Phi) is 4.02. The molecule has 0 aliphatic rings. The second kappa shape index (κ2) is 5.19. The summed E-state index contributed by atoms with van der Waals surface area (Å²) in [4.78, 5) is 28.4. The van der Waals surface area contributed by atoms with Crippen LogP contribution in [0.15, 0.2) is 12.1 Å². The minimum absolute atomic E-state index is 0.251. The first-order valence-corrected chi connectivity index (χ1v) is 5.63. The Hall–Kier alpha value is -2.58. The summed E-state index contributed by atoms with van der Waals surface area (Å²) in [5.74, 6) is -3.45. The summed E-state index contributed by atoms with van der Waals surface area (Å²) in [6, 6.07) is 3.35. The van der Waals surface area contributed by atoms with E-state index in [-0.39, 0.29) is 5.56 Å². The molecule has 0 saturated heterocycles. The van der Waals surface area contributed by atoms with Crippen molar-refractivity contribution >= 4 is 0 Å². The van der Waals surface area contributed by atoms with E-state index in [1.165, 1.54) is 0 Å². The van der Waals surface area contributed by atoms with Gasteiger partial charge in [-0.3, -0.25) is 30.3 Å². The number of rotatable bonds is 5. The highest BCUT2D eigenvalue weighted by atomic mass is 16.7. The van der Waals surface area contributed by atoms with Gasteiger partial charge >= 0.3 is 5.79 Å². The molecule has 0 spiro atoms. The maximum absolute atomic E-state index is 10.9. The largest absolute Gasteiger partial charge is 0.703 e. The molecule has 0 atom stereocenters. The molecule has 1 rings (SSSR count). The van der Waals surface area contributed by atoms with Crippen LogP contribution in [-0.4, -0.2) is 20.6 Å². The molecular weight excluding hydrogens is 270 g/mol. The van der Waals surface area contributed by atoms with E-state index in [2.05, 4.69) is 0 Å². The van der Waals surface area contributed by atoms with Gasteiger partial charge in [-0.1, -0.05) is 17.7 Å². The molecular formula is C11H13N3O6. The fraction of sp³-hybridized carbons (Fsp3) is 0.455. The van der Waals surface area contributed by atoms with E-state index < -0.39 is 27.0 Å². The topological polar surface area (TPSA) is 129 Å². The zero-order chi connectivity index (χ0) is 15.7. The molecule has 0 unspecified atom stereocenters. The first-order valence-electron chi connectivity index (χ1n) is 5.63. The Morgan fingerprint density at radius 2 is 1.25 bits per heavy atom.